The van der Waals surface area contributed by atoms with Crippen LogP contribution in [0.15, 0.2) is 28.9 Å². The molecule has 0 saturated heterocycles. The summed E-state index contributed by atoms with van der Waals surface area (Å²) in [5.74, 6) is 1.49. The van der Waals surface area contributed by atoms with Gasteiger partial charge in [0.05, 0.1) is 13.2 Å². The second-order valence-electron chi connectivity index (χ2n) is 6.49. The van der Waals surface area contributed by atoms with E-state index in [0.29, 0.717) is 29.9 Å². The summed E-state index contributed by atoms with van der Waals surface area (Å²) in [6.45, 7) is 2.64. The van der Waals surface area contributed by atoms with Gasteiger partial charge in [0.1, 0.15) is 5.69 Å². The van der Waals surface area contributed by atoms with Crippen LogP contribution in [-0.4, -0.2) is 32.4 Å². The van der Waals surface area contributed by atoms with Crippen LogP contribution >= 0.6 is 0 Å². The van der Waals surface area contributed by atoms with E-state index in [1.165, 1.54) is 19.3 Å². The van der Waals surface area contributed by atoms with E-state index in [1.54, 1.807) is 6.20 Å². The van der Waals surface area contributed by atoms with Crippen molar-refractivity contribution in [3.8, 4) is 11.5 Å². The van der Waals surface area contributed by atoms with Crippen LogP contribution in [0.4, 0.5) is 0 Å². The molecule has 0 amide bonds. The molecule has 2 heterocycles. The molecule has 2 aromatic rings. The highest BCUT2D eigenvalue weighted by Crippen LogP contribution is 2.32. The van der Waals surface area contributed by atoms with Gasteiger partial charge < -0.3 is 14.9 Å². The number of nitrogens with zero attached hydrogens (tertiary/aromatic N) is 3. The predicted octanol–water partition coefficient (Wildman–Crippen LogP) is 2.55. The van der Waals surface area contributed by atoms with Crippen molar-refractivity contribution in [2.75, 3.05) is 6.61 Å². The molecule has 3 rings (SSSR count). The molecule has 1 aliphatic rings. The molecule has 6 nitrogen and oxygen atoms in total. The zero-order valence-electron chi connectivity index (χ0n) is 13.5. The molecule has 6 heteroatoms. The first-order valence-electron chi connectivity index (χ1n) is 8.31. The fraction of sp³-hybridized carbons (Fsp3) is 0.588. The molecule has 23 heavy (non-hydrogen) atoms. The number of rotatable bonds is 6. The molecule has 2 aromatic heterocycles. The summed E-state index contributed by atoms with van der Waals surface area (Å²) < 4.78 is 5.30. The van der Waals surface area contributed by atoms with Gasteiger partial charge in [0.2, 0.25) is 11.7 Å². The minimum absolute atomic E-state index is 0.110. The van der Waals surface area contributed by atoms with Gasteiger partial charge in [0, 0.05) is 11.7 Å². The molecule has 1 unspecified atom stereocenters. The highest BCUT2D eigenvalue weighted by Gasteiger charge is 2.34. The average molecular weight is 316 g/mol. The van der Waals surface area contributed by atoms with Crippen molar-refractivity contribution < 1.29 is 9.63 Å². The lowest BCUT2D eigenvalue weighted by Crippen LogP contribution is -2.52. The Bertz CT molecular complexity index is 610. The Labute approximate surface area is 136 Å². The van der Waals surface area contributed by atoms with E-state index in [1.807, 2.05) is 18.2 Å². The lowest BCUT2D eigenvalue weighted by Gasteiger charge is -2.39. The average Bonchev–Trinajstić information content (AvgIpc) is 3.10. The number of hydrogen-bond acceptors (Lipinski definition) is 6. The van der Waals surface area contributed by atoms with Crippen molar-refractivity contribution >= 4 is 0 Å². The topological polar surface area (TPSA) is 84.1 Å². The van der Waals surface area contributed by atoms with E-state index in [0.717, 1.165) is 12.8 Å². The first-order valence-corrected chi connectivity index (χ1v) is 8.31. The van der Waals surface area contributed by atoms with Crippen molar-refractivity contribution in [2.24, 2.45) is 5.92 Å². The number of nitrogens with one attached hydrogen (secondary N) is 1. The van der Waals surface area contributed by atoms with Crippen LogP contribution in [0.5, 0.6) is 0 Å². The summed E-state index contributed by atoms with van der Waals surface area (Å²) in [7, 11) is 0. The molecule has 1 aliphatic carbocycles. The monoisotopic (exact) mass is 316 g/mol. The van der Waals surface area contributed by atoms with E-state index in [2.05, 4.69) is 27.4 Å². The van der Waals surface area contributed by atoms with Crippen LogP contribution in [0.1, 0.15) is 44.9 Å². The van der Waals surface area contributed by atoms with E-state index < -0.39 is 0 Å². The Balaban J connectivity index is 1.64. The van der Waals surface area contributed by atoms with Gasteiger partial charge in [0.25, 0.3) is 0 Å². The van der Waals surface area contributed by atoms with Gasteiger partial charge in [-0.1, -0.05) is 30.5 Å². The fourth-order valence-corrected chi connectivity index (χ4v) is 3.27. The van der Waals surface area contributed by atoms with Gasteiger partial charge in [-0.15, -0.1) is 0 Å². The zero-order valence-corrected chi connectivity index (χ0v) is 13.5. The molecule has 0 radical (unpaired) electrons. The van der Waals surface area contributed by atoms with Crippen molar-refractivity contribution in [3.63, 3.8) is 0 Å². The normalized spacial score (nSPS) is 18.7. The molecule has 1 fully saturated rings. The number of aliphatic hydroxyl groups is 1. The van der Waals surface area contributed by atoms with Crippen LogP contribution in [0.3, 0.4) is 0 Å². The van der Waals surface area contributed by atoms with Gasteiger partial charge in [-0.3, -0.25) is 4.98 Å². The quantitative estimate of drug-likeness (QED) is 0.852. The highest BCUT2D eigenvalue weighted by atomic mass is 16.5. The first-order chi connectivity index (χ1) is 11.2. The third kappa shape index (κ3) is 3.76. The number of aliphatic hydroxyl groups excluding tert-OH is 1. The second-order valence-corrected chi connectivity index (χ2v) is 6.49. The maximum Gasteiger partial charge on any atom is 0.240 e. The molecule has 2 N–H and O–H groups in total. The van der Waals surface area contributed by atoms with Crippen molar-refractivity contribution in [1.82, 2.24) is 20.4 Å². The van der Waals surface area contributed by atoms with E-state index in [4.69, 9.17) is 4.52 Å². The van der Waals surface area contributed by atoms with Gasteiger partial charge in [-0.05, 0) is 37.8 Å². The van der Waals surface area contributed by atoms with E-state index in [9.17, 15) is 5.11 Å². The molecule has 0 spiro atoms. The fourth-order valence-electron chi connectivity index (χ4n) is 3.27. The number of aromatic nitrogens is 3. The van der Waals surface area contributed by atoms with Crippen LogP contribution < -0.4 is 5.32 Å². The summed E-state index contributed by atoms with van der Waals surface area (Å²) in [6.07, 6.45) is 7.81. The van der Waals surface area contributed by atoms with Crippen molar-refractivity contribution in [3.05, 3.63) is 30.3 Å². The SMILES string of the molecule is CC(CO)(NCc1nc(-c2ccccn2)no1)C1CCCCC1. The highest BCUT2D eigenvalue weighted by molar-refractivity contribution is 5.46. The minimum Gasteiger partial charge on any atom is -0.394 e. The molecular formula is C17H24N4O2. The maximum atomic E-state index is 9.86. The minimum atomic E-state index is -0.306. The molecule has 0 aromatic carbocycles. The maximum absolute atomic E-state index is 9.86. The molecule has 0 bridgehead atoms. The van der Waals surface area contributed by atoms with Gasteiger partial charge in [-0.25, -0.2) is 0 Å². The Kier molecular flexibility index (Phi) is 5.03. The van der Waals surface area contributed by atoms with Gasteiger partial charge in [-0.2, -0.15) is 4.98 Å². The Hall–Kier alpha value is -1.79. The van der Waals surface area contributed by atoms with Crippen LogP contribution in [0.25, 0.3) is 11.5 Å². The van der Waals surface area contributed by atoms with Crippen molar-refractivity contribution in [1.29, 1.82) is 0 Å². The molecule has 1 atom stereocenters. The summed E-state index contributed by atoms with van der Waals surface area (Å²) in [6, 6.07) is 5.59. The molecule has 1 saturated carbocycles. The molecule has 124 valence electrons. The molecular weight excluding hydrogens is 292 g/mol. The summed E-state index contributed by atoms with van der Waals surface area (Å²) >= 11 is 0. The third-order valence-corrected chi connectivity index (χ3v) is 4.84. The number of pyridine rings is 1. The summed E-state index contributed by atoms with van der Waals surface area (Å²) in [5.41, 5.74) is 0.389. The lowest BCUT2D eigenvalue weighted by atomic mass is 9.76. The summed E-state index contributed by atoms with van der Waals surface area (Å²) in [4.78, 5) is 8.59. The third-order valence-electron chi connectivity index (χ3n) is 4.84. The Morgan fingerprint density at radius 3 is 2.83 bits per heavy atom. The van der Waals surface area contributed by atoms with E-state index in [-0.39, 0.29) is 12.1 Å². The van der Waals surface area contributed by atoms with Crippen LogP contribution in [0.2, 0.25) is 0 Å². The smallest absolute Gasteiger partial charge is 0.240 e. The summed E-state index contributed by atoms with van der Waals surface area (Å²) in [5, 5.41) is 17.3. The Morgan fingerprint density at radius 2 is 2.13 bits per heavy atom. The molecule has 0 aliphatic heterocycles. The number of hydrogen-bond donors (Lipinski definition) is 2. The largest absolute Gasteiger partial charge is 0.394 e. The zero-order chi connectivity index (χ0) is 16.1. The van der Waals surface area contributed by atoms with Crippen LogP contribution in [0, 0.1) is 5.92 Å². The van der Waals surface area contributed by atoms with Gasteiger partial charge >= 0.3 is 0 Å². The van der Waals surface area contributed by atoms with Crippen LogP contribution in [-0.2, 0) is 6.54 Å². The van der Waals surface area contributed by atoms with Gasteiger partial charge in [0.15, 0.2) is 0 Å². The standard InChI is InChI=1S/C17H24N4O2/c1-17(12-22,13-7-3-2-4-8-13)19-11-15-20-16(21-23-15)14-9-5-6-10-18-14/h5-6,9-10,13,19,22H,2-4,7-8,11-12H2,1H3. The van der Waals surface area contributed by atoms with Crippen molar-refractivity contribution in [2.45, 2.75) is 51.1 Å². The second kappa shape index (κ2) is 7.19. The first kappa shape index (κ1) is 16.1. The van der Waals surface area contributed by atoms with E-state index >= 15 is 0 Å². The Morgan fingerprint density at radius 1 is 1.30 bits per heavy atom. The predicted molar refractivity (Wildman–Crippen MR) is 86.4 cm³/mol. The lowest BCUT2D eigenvalue weighted by molar-refractivity contribution is 0.0908.